The molecule has 2 aromatic carbocycles. The Balaban J connectivity index is 1.80. The fourth-order valence-electron chi connectivity index (χ4n) is 3.07. The fraction of sp³-hybridized carbons (Fsp3) is 0.235. The number of hydrogen-bond donors (Lipinski definition) is 0. The monoisotopic (exact) mass is 270 g/mol. The number of fused-ring (bicyclic) bond motifs is 3. The number of hydrogen-bond acceptors (Lipinski definition) is 1. The molecule has 0 aromatic heterocycles. The van der Waals surface area contributed by atoms with E-state index in [1.807, 2.05) is 30.3 Å². The van der Waals surface area contributed by atoms with E-state index in [1.165, 1.54) is 0 Å². The lowest BCUT2D eigenvalue weighted by atomic mass is 9.96. The molecule has 20 heavy (non-hydrogen) atoms. The van der Waals surface area contributed by atoms with E-state index in [0.29, 0.717) is 12.0 Å². The summed E-state index contributed by atoms with van der Waals surface area (Å²) >= 11 is 0. The van der Waals surface area contributed by atoms with Crippen molar-refractivity contribution in [3.8, 4) is 11.1 Å². The third kappa shape index (κ3) is 1.56. The van der Waals surface area contributed by atoms with E-state index >= 15 is 0 Å². The molecule has 0 heterocycles. The topological polar surface area (TPSA) is 17.1 Å². The van der Waals surface area contributed by atoms with Gasteiger partial charge in [0.05, 0.1) is 5.92 Å². The van der Waals surface area contributed by atoms with Crippen molar-refractivity contribution in [3.63, 3.8) is 0 Å². The van der Waals surface area contributed by atoms with Crippen LogP contribution >= 0.6 is 0 Å². The number of benzene rings is 2. The van der Waals surface area contributed by atoms with Crippen LogP contribution in [0.5, 0.6) is 0 Å². The average molecular weight is 270 g/mol. The van der Waals surface area contributed by atoms with Crippen LogP contribution in [0.3, 0.4) is 0 Å². The second-order valence-corrected chi connectivity index (χ2v) is 5.55. The Bertz CT molecular complexity index is 734. The Morgan fingerprint density at radius 3 is 2.50 bits per heavy atom. The van der Waals surface area contributed by atoms with E-state index in [0.717, 1.165) is 22.3 Å². The first-order chi connectivity index (χ1) is 9.58. The standard InChI is InChI=1S/C17H12F2O/c18-17(19)9-15(17)16(20)13-7-3-6-12-11-5-2-1-4-10(11)8-14(12)13/h1-7,15H,8-9H2. The van der Waals surface area contributed by atoms with Gasteiger partial charge in [-0.1, -0.05) is 42.5 Å². The van der Waals surface area contributed by atoms with Crippen molar-refractivity contribution in [1.82, 2.24) is 0 Å². The molecule has 3 heteroatoms. The van der Waals surface area contributed by atoms with E-state index < -0.39 is 17.6 Å². The summed E-state index contributed by atoms with van der Waals surface area (Å²) < 4.78 is 26.3. The molecule has 1 atom stereocenters. The van der Waals surface area contributed by atoms with Crippen molar-refractivity contribution in [1.29, 1.82) is 0 Å². The predicted octanol–water partition coefficient (Wildman–Crippen LogP) is 4.10. The molecule has 1 saturated carbocycles. The number of carbonyl (C=O) groups is 1. The third-order valence-corrected chi connectivity index (χ3v) is 4.26. The molecule has 2 aromatic rings. The zero-order valence-electron chi connectivity index (χ0n) is 10.7. The summed E-state index contributed by atoms with van der Waals surface area (Å²) in [6.07, 6.45) is 0.355. The molecule has 2 aliphatic carbocycles. The van der Waals surface area contributed by atoms with Crippen molar-refractivity contribution in [2.75, 3.05) is 0 Å². The van der Waals surface area contributed by atoms with Crippen molar-refractivity contribution < 1.29 is 13.6 Å². The van der Waals surface area contributed by atoms with Crippen molar-refractivity contribution in [2.24, 2.45) is 5.92 Å². The molecule has 1 fully saturated rings. The van der Waals surface area contributed by atoms with Crippen molar-refractivity contribution in [2.45, 2.75) is 18.8 Å². The van der Waals surface area contributed by atoms with Crippen molar-refractivity contribution >= 4 is 5.78 Å². The first kappa shape index (κ1) is 11.8. The Kier molecular flexibility index (Phi) is 2.21. The van der Waals surface area contributed by atoms with E-state index in [-0.39, 0.29) is 6.42 Å². The summed E-state index contributed by atoms with van der Waals surface area (Å²) in [6, 6.07) is 13.4. The number of carbonyl (C=O) groups excluding carboxylic acids is 1. The van der Waals surface area contributed by atoms with Crippen molar-refractivity contribution in [3.05, 3.63) is 59.2 Å². The summed E-state index contributed by atoms with van der Waals surface area (Å²) in [4.78, 5) is 12.3. The molecule has 4 rings (SSSR count). The van der Waals surface area contributed by atoms with Crippen LogP contribution in [0.4, 0.5) is 8.78 Å². The highest BCUT2D eigenvalue weighted by Gasteiger charge is 2.61. The van der Waals surface area contributed by atoms with Gasteiger partial charge >= 0.3 is 0 Å². The van der Waals surface area contributed by atoms with Crippen LogP contribution < -0.4 is 0 Å². The van der Waals surface area contributed by atoms with Gasteiger partial charge in [0.2, 0.25) is 0 Å². The highest BCUT2D eigenvalue weighted by molar-refractivity contribution is 6.04. The number of ketones is 1. The molecule has 0 radical (unpaired) electrons. The lowest BCUT2D eigenvalue weighted by Gasteiger charge is -2.07. The lowest BCUT2D eigenvalue weighted by Crippen LogP contribution is -2.10. The van der Waals surface area contributed by atoms with Gasteiger partial charge in [-0.3, -0.25) is 4.79 Å². The van der Waals surface area contributed by atoms with Gasteiger partial charge in [-0.25, -0.2) is 8.78 Å². The second-order valence-electron chi connectivity index (χ2n) is 5.55. The summed E-state index contributed by atoms with van der Waals surface area (Å²) in [5, 5.41) is 0. The van der Waals surface area contributed by atoms with Crippen LogP contribution in [0.1, 0.15) is 27.9 Å². The molecule has 100 valence electrons. The highest BCUT2D eigenvalue weighted by Crippen LogP contribution is 2.51. The molecule has 0 N–H and O–H groups in total. The smallest absolute Gasteiger partial charge is 0.259 e. The summed E-state index contributed by atoms with van der Waals surface area (Å²) in [7, 11) is 0. The van der Waals surface area contributed by atoms with Gasteiger partial charge in [0.1, 0.15) is 0 Å². The van der Waals surface area contributed by atoms with E-state index in [1.54, 1.807) is 12.1 Å². The lowest BCUT2D eigenvalue weighted by molar-refractivity contribution is 0.0757. The molecule has 0 saturated heterocycles. The molecule has 2 aliphatic rings. The molecular formula is C17H12F2O. The summed E-state index contributed by atoms with van der Waals surface area (Å²) in [5.41, 5.74) is 4.66. The van der Waals surface area contributed by atoms with E-state index in [9.17, 15) is 13.6 Å². The molecule has 1 nitrogen and oxygen atoms in total. The number of alkyl halides is 2. The molecular weight excluding hydrogens is 258 g/mol. The molecule has 0 amide bonds. The maximum atomic E-state index is 13.1. The fourth-order valence-corrected chi connectivity index (χ4v) is 3.07. The van der Waals surface area contributed by atoms with Crippen LogP contribution in [0, 0.1) is 5.92 Å². The van der Waals surface area contributed by atoms with Gasteiger partial charge < -0.3 is 0 Å². The molecule has 0 bridgehead atoms. The molecule has 0 spiro atoms. The Hall–Kier alpha value is -2.03. The van der Waals surface area contributed by atoms with Gasteiger partial charge in [-0.2, -0.15) is 0 Å². The number of rotatable bonds is 2. The van der Waals surface area contributed by atoms with Gasteiger partial charge in [0.25, 0.3) is 5.92 Å². The van der Waals surface area contributed by atoms with Crippen LogP contribution in [0.25, 0.3) is 11.1 Å². The minimum Gasteiger partial charge on any atom is -0.294 e. The second kappa shape index (κ2) is 3.75. The van der Waals surface area contributed by atoms with E-state index in [4.69, 9.17) is 0 Å². The largest absolute Gasteiger partial charge is 0.294 e. The van der Waals surface area contributed by atoms with E-state index in [2.05, 4.69) is 0 Å². The zero-order valence-corrected chi connectivity index (χ0v) is 10.7. The first-order valence-corrected chi connectivity index (χ1v) is 6.70. The highest BCUT2D eigenvalue weighted by atomic mass is 19.3. The zero-order chi connectivity index (χ0) is 13.9. The van der Waals surface area contributed by atoms with Gasteiger partial charge in [0, 0.05) is 12.0 Å². The third-order valence-electron chi connectivity index (χ3n) is 4.26. The number of Topliss-reactive ketones (excluding diaryl/α,β-unsaturated/α-hetero) is 1. The Labute approximate surface area is 115 Å². The van der Waals surface area contributed by atoms with Gasteiger partial charge in [0.15, 0.2) is 5.78 Å². The SMILES string of the molecule is O=C(c1cccc2c1Cc1ccccc1-2)C1CC1(F)F. The van der Waals surface area contributed by atoms with Crippen LogP contribution in [-0.4, -0.2) is 11.7 Å². The van der Waals surface area contributed by atoms with Crippen LogP contribution in [-0.2, 0) is 6.42 Å². The Morgan fingerprint density at radius 2 is 1.75 bits per heavy atom. The molecule has 1 unspecified atom stereocenters. The van der Waals surface area contributed by atoms with Gasteiger partial charge in [-0.15, -0.1) is 0 Å². The Morgan fingerprint density at radius 1 is 1.05 bits per heavy atom. The maximum absolute atomic E-state index is 13.1. The minimum atomic E-state index is -2.80. The molecule has 0 aliphatic heterocycles. The summed E-state index contributed by atoms with van der Waals surface area (Å²) in [6.45, 7) is 0. The normalized spacial score (nSPS) is 21.2. The van der Waals surface area contributed by atoms with Crippen LogP contribution in [0.15, 0.2) is 42.5 Å². The first-order valence-electron chi connectivity index (χ1n) is 6.70. The predicted molar refractivity (Wildman–Crippen MR) is 72.1 cm³/mol. The number of halogens is 2. The minimum absolute atomic E-state index is 0.303. The quantitative estimate of drug-likeness (QED) is 0.641. The average Bonchev–Trinajstić information content (AvgIpc) is 2.93. The maximum Gasteiger partial charge on any atom is 0.259 e. The summed E-state index contributed by atoms with van der Waals surface area (Å²) in [5.74, 6) is -4.32. The van der Waals surface area contributed by atoms with Gasteiger partial charge in [-0.05, 0) is 28.7 Å². The van der Waals surface area contributed by atoms with Crippen LogP contribution in [0.2, 0.25) is 0 Å².